The first kappa shape index (κ1) is 12.9. The zero-order valence-corrected chi connectivity index (χ0v) is 9.46. The van der Waals surface area contributed by atoms with Crippen LogP contribution in [0, 0.1) is 0 Å². The fourth-order valence-electron chi connectivity index (χ4n) is 1.03. The molecule has 0 heterocycles. The molecule has 80 valence electrons. The predicted octanol–water partition coefficient (Wildman–Crippen LogP) is 1.55. The highest BCUT2D eigenvalue weighted by molar-refractivity contribution is 4.85. The van der Waals surface area contributed by atoms with Crippen LogP contribution in [-0.4, -0.2) is 31.5 Å². The van der Waals surface area contributed by atoms with E-state index in [1.165, 1.54) is 0 Å². The standard InChI is InChI=1S/C10H23NO2/c1-6-10(4,12-5)9(11)7-13-8(2)3/h8-9H,6-7,11H2,1-5H3. The Morgan fingerprint density at radius 3 is 2.23 bits per heavy atom. The van der Waals surface area contributed by atoms with Crippen LogP contribution in [0.3, 0.4) is 0 Å². The van der Waals surface area contributed by atoms with Crippen molar-refractivity contribution in [2.45, 2.75) is 51.9 Å². The van der Waals surface area contributed by atoms with E-state index in [0.29, 0.717) is 6.61 Å². The third-order valence-corrected chi connectivity index (χ3v) is 2.56. The van der Waals surface area contributed by atoms with Gasteiger partial charge in [0, 0.05) is 7.11 Å². The molecule has 13 heavy (non-hydrogen) atoms. The molecule has 0 aromatic heterocycles. The Bertz CT molecular complexity index is 133. The van der Waals surface area contributed by atoms with Gasteiger partial charge in [0.2, 0.25) is 0 Å². The normalized spacial score (nSPS) is 18.7. The van der Waals surface area contributed by atoms with Crippen molar-refractivity contribution in [2.75, 3.05) is 13.7 Å². The van der Waals surface area contributed by atoms with Crippen molar-refractivity contribution >= 4 is 0 Å². The van der Waals surface area contributed by atoms with Crippen LogP contribution >= 0.6 is 0 Å². The summed E-state index contributed by atoms with van der Waals surface area (Å²) in [6.45, 7) is 8.64. The van der Waals surface area contributed by atoms with Gasteiger partial charge in [-0.05, 0) is 27.2 Å². The highest BCUT2D eigenvalue weighted by atomic mass is 16.5. The summed E-state index contributed by atoms with van der Waals surface area (Å²) < 4.78 is 10.8. The molecule has 0 aromatic rings. The first-order chi connectivity index (χ1) is 5.96. The number of methoxy groups -OCH3 is 1. The summed E-state index contributed by atoms with van der Waals surface area (Å²) >= 11 is 0. The van der Waals surface area contributed by atoms with Gasteiger partial charge in [-0.1, -0.05) is 6.92 Å². The number of rotatable bonds is 6. The number of ether oxygens (including phenoxy) is 2. The van der Waals surface area contributed by atoms with E-state index in [-0.39, 0.29) is 17.7 Å². The lowest BCUT2D eigenvalue weighted by molar-refractivity contribution is -0.0509. The monoisotopic (exact) mass is 189 g/mol. The van der Waals surface area contributed by atoms with E-state index >= 15 is 0 Å². The molecule has 0 saturated heterocycles. The van der Waals surface area contributed by atoms with Crippen molar-refractivity contribution in [3.05, 3.63) is 0 Å². The maximum atomic E-state index is 5.97. The summed E-state index contributed by atoms with van der Waals surface area (Å²) in [4.78, 5) is 0. The van der Waals surface area contributed by atoms with Gasteiger partial charge in [0.1, 0.15) is 0 Å². The molecule has 2 atom stereocenters. The van der Waals surface area contributed by atoms with E-state index in [2.05, 4.69) is 6.92 Å². The number of nitrogens with two attached hydrogens (primary N) is 1. The minimum absolute atomic E-state index is 0.0649. The van der Waals surface area contributed by atoms with Crippen LogP contribution in [-0.2, 0) is 9.47 Å². The van der Waals surface area contributed by atoms with Gasteiger partial charge in [-0.3, -0.25) is 0 Å². The van der Waals surface area contributed by atoms with Crippen LogP contribution in [0.15, 0.2) is 0 Å². The quantitative estimate of drug-likeness (QED) is 0.689. The Morgan fingerprint density at radius 1 is 1.38 bits per heavy atom. The third kappa shape index (κ3) is 4.07. The molecule has 0 aliphatic heterocycles. The number of hydrogen-bond acceptors (Lipinski definition) is 3. The van der Waals surface area contributed by atoms with Crippen LogP contribution in [0.4, 0.5) is 0 Å². The van der Waals surface area contributed by atoms with E-state index in [1.54, 1.807) is 7.11 Å². The topological polar surface area (TPSA) is 44.5 Å². The van der Waals surface area contributed by atoms with Crippen LogP contribution in [0.2, 0.25) is 0 Å². The van der Waals surface area contributed by atoms with Crippen LogP contribution in [0.5, 0.6) is 0 Å². The second-order valence-electron chi connectivity index (χ2n) is 3.86. The molecule has 2 unspecified atom stereocenters. The zero-order valence-electron chi connectivity index (χ0n) is 9.46. The summed E-state index contributed by atoms with van der Waals surface area (Å²) in [5, 5.41) is 0. The molecular formula is C10H23NO2. The Kier molecular flexibility index (Phi) is 5.53. The first-order valence-electron chi connectivity index (χ1n) is 4.88. The van der Waals surface area contributed by atoms with E-state index in [4.69, 9.17) is 15.2 Å². The third-order valence-electron chi connectivity index (χ3n) is 2.56. The van der Waals surface area contributed by atoms with Crippen molar-refractivity contribution in [2.24, 2.45) is 5.73 Å². The smallest absolute Gasteiger partial charge is 0.0820 e. The second-order valence-corrected chi connectivity index (χ2v) is 3.86. The second kappa shape index (κ2) is 5.58. The Labute approximate surface area is 81.6 Å². The molecule has 0 aliphatic rings. The minimum atomic E-state index is -0.269. The van der Waals surface area contributed by atoms with E-state index in [1.807, 2.05) is 20.8 Å². The molecule has 0 aliphatic carbocycles. The molecule has 2 N–H and O–H groups in total. The Morgan fingerprint density at radius 2 is 1.92 bits per heavy atom. The van der Waals surface area contributed by atoms with Crippen molar-refractivity contribution in [3.63, 3.8) is 0 Å². The molecule has 0 radical (unpaired) electrons. The Hall–Kier alpha value is -0.120. The molecule has 0 spiro atoms. The van der Waals surface area contributed by atoms with Gasteiger partial charge in [0.05, 0.1) is 24.4 Å². The zero-order chi connectivity index (χ0) is 10.5. The summed E-state index contributed by atoms with van der Waals surface area (Å²) in [5.41, 5.74) is 5.70. The fraction of sp³-hybridized carbons (Fsp3) is 1.00. The lowest BCUT2D eigenvalue weighted by Gasteiger charge is -2.33. The van der Waals surface area contributed by atoms with Crippen LogP contribution in [0.1, 0.15) is 34.1 Å². The van der Waals surface area contributed by atoms with Gasteiger partial charge in [0.15, 0.2) is 0 Å². The molecule has 0 bridgehead atoms. The molecule has 0 rings (SSSR count). The SMILES string of the molecule is CCC(C)(OC)C(N)COC(C)C. The predicted molar refractivity (Wildman–Crippen MR) is 54.8 cm³/mol. The summed E-state index contributed by atoms with van der Waals surface area (Å²) in [5.74, 6) is 0. The number of hydrogen-bond donors (Lipinski definition) is 1. The summed E-state index contributed by atoms with van der Waals surface area (Å²) in [6, 6.07) is -0.0649. The van der Waals surface area contributed by atoms with Crippen molar-refractivity contribution < 1.29 is 9.47 Å². The highest BCUT2D eigenvalue weighted by Crippen LogP contribution is 2.18. The van der Waals surface area contributed by atoms with Gasteiger partial charge < -0.3 is 15.2 Å². The van der Waals surface area contributed by atoms with Gasteiger partial charge in [-0.15, -0.1) is 0 Å². The lowest BCUT2D eigenvalue weighted by Crippen LogP contribution is -2.49. The molecule has 3 nitrogen and oxygen atoms in total. The van der Waals surface area contributed by atoms with Gasteiger partial charge >= 0.3 is 0 Å². The minimum Gasteiger partial charge on any atom is -0.377 e. The van der Waals surface area contributed by atoms with Gasteiger partial charge in [0.25, 0.3) is 0 Å². The van der Waals surface area contributed by atoms with Crippen LogP contribution < -0.4 is 5.73 Å². The fourth-order valence-corrected chi connectivity index (χ4v) is 1.03. The summed E-state index contributed by atoms with van der Waals surface area (Å²) in [7, 11) is 1.69. The molecule has 0 aromatic carbocycles. The maximum absolute atomic E-state index is 5.97. The van der Waals surface area contributed by atoms with E-state index in [0.717, 1.165) is 6.42 Å². The highest BCUT2D eigenvalue weighted by Gasteiger charge is 2.29. The lowest BCUT2D eigenvalue weighted by atomic mass is 9.94. The Balaban J connectivity index is 3.99. The van der Waals surface area contributed by atoms with E-state index < -0.39 is 0 Å². The molecule has 0 amide bonds. The van der Waals surface area contributed by atoms with Crippen molar-refractivity contribution in [3.8, 4) is 0 Å². The van der Waals surface area contributed by atoms with Gasteiger partial charge in [-0.2, -0.15) is 0 Å². The van der Waals surface area contributed by atoms with Crippen LogP contribution in [0.25, 0.3) is 0 Å². The molecule has 0 fully saturated rings. The van der Waals surface area contributed by atoms with Crippen molar-refractivity contribution in [1.82, 2.24) is 0 Å². The largest absolute Gasteiger partial charge is 0.377 e. The van der Waals surface area contributed by atoms with Crippen molar-refractivity contribution in [1.29, 1.82) is 0 Å². The average molecular weight is 189 g/mol. The molecule has 3 heteroatoms. The first-order valence-corrected chi connectivity index (χ1v) is 4.88. The average Bonchev–Trinajstić information content (AvgIpc) is 2.12. The maximum Gasteiger partial charge on any atom is 0.0820 e. The molecule has 0 saturated carbocycles. The van der Waals surface area contributed by atoms with E-state index in [9.17, 15) is 0 Å². The van der Waals surface area contributed by atoms with Gasteiger partial charge in [-0.25, -0.2) is 0 Å². The summed E-state index contributed by atoms with van der Waals surface area (Å²) in [6.07, 6.45) is 1.12. The molecular weight excluding hydrogens is 166 g/mol.